The van der Waals surface area contributed by atoms with Crippen molar-refractivity contribution in [3.05, 3.63) is 23.8 Å². The lowest BCUT2D eigenvalue weighted by Crippen LogP contribution is -2.42. The average Bonchev–Trinajstić information content (AvgIpc) is 2.30. The summed E-state index contributed by atoms with van der Waals surface area (Å²) in [5, 5.41) is 19.2. The van der Waals surface area contributed by atoms with Crippen molar-refractivity contribution >= 4 is 5.91 Å². The van der Waals surface area contributed by atoms with Gasteiger partial charge in [0.1, 0.15) is 0 Å². The van der Waals surface area contributed by atoms with Crippen LogP contribution in [0, 0.1) is 11.8 Å². The van der Waals surface area contributed by atoms with Crippen LogP contribution in [0.15, 0.2) is 18.2 Å². The van der Waals surface area contributed by atoms with Crippen LogP contribution in [0.3, 0.4) is 0 Å². The van der Waals surface area contributed by atoms with Gasteiger partial charge in [-0.3, -0.25) is 4.79 Å². The van der Waals surface area contributed by atoms with Crippen LogP contribution < -0.4 is 0 Å². The zero-order chi connectivity index (χ0) is 13.3. The normalized spacial score (nSPS) is 24.0. The molecule has 0 radical (unpaired) electrons. The Morgan fingerprint density at radius 1 is 1.22 bits per heavy atom. The van der Waals surface area contributed by atoms with Gasteiger partial charge in [-0.05, 0) is 30.4 Å². The molecule has 2 atom stereocenters. The first kappa shape index (κ1) is 12.7. The van der Waals surface area contributed by atoms with E-state index in [0.29, 0.717) is 24.9 Å². The van der Waals surface area contributed by atoms with Crippen LogP contribution in [0.1, 0.15) is 30.6 Å². The molecular formula is C14H19NO3. The van der Waals surface area contributed by atoms with Crippen molar-refractivity contribution in [1.82, 2.24) is 4.90 Å². The minimum atomic E-state index is -0.326. The second-order valence-corrected chi connectivity index (χ2v) is 5.33. The molecule has 0 aromatic heterocycles. The molecule has 0 bridgehead atoms. The summed E-state index contributed by atoms with van der Waals surface area (Å²) >= 11 is 0. The fraction of sp³-hybridized carbons (Fsp3) is 0.500. The first-order valence-corrected chi connectivity index (χ1v) is 6.29. The van der Waals surface area contributed by atoms with Crippen LogP contribution in [-0.4, -0.2) is 34.1 Å². The summed E-state index contributed by atoms with van der Waals surface area (Å²) in [5.41, 5.74) is 0.177. The van der Waals surface area contributed by atoms with Crippen molar-refractivity contribution in [3.8, 4) is 11.5 Å². The third-order valence-corrected chi connectivity index (χ3v) is 3.40. The number of likely N-dealkylation sites (tertiary alicyclic amines) is 1. The van der Waals surface area contributed by atoms with Crippen LogP contribution in [0.25, 0.3) is 0 Å². The number of para-hydroxylation sites is 1. The molecule has 1 aromatic rings. The number of amides is 1. The first-order chi connectivity index (χ1) is 8.49. The van der Waals surface area contributed by atoms with Crippen molar-refractivity contribution in [2.45, 2.75) is 20.3 Å². The van der Waals surface area contributed by atoms with Gasteiger partial charge in [-0.2, -0.15) is 0 Å². The number of hydrogen-bond acceptors (Lipinski definition) is 3. The standard InChI is InChI=1S/C14H19NO3/c1-9-6-10(2)8-15(7-9)14(18)11-4-3-5-12(16)13(11)17/h3-5,9-10,16-17H,6-8H2,1-2H3. The van der Waals surface area contributed by atoms with E-state index in [9.17, 15) is 15.0 Å². The molecule has 1 heterocycles. The summed E-state index contributed by atoms with van der Waals surface area (Å²) in [4.78, 5) is 14.1. The number of benzene rings is 1. The second kappa shape index (κ2) is 4.88. The Hall–Kier alpha value is -1.71. The van der Waals surface area contributed by atoms with Crippen molar-refractivity contribution < 1.29 is 15.0 Å². The largest absolute Gasteiger partial charge is 0.504 e. The molecule has 2 rings (SSSR count). The van der Waals surface area contributed by atoms with Gasteiger partial charge in [0.15, 0.2) is 11.5 Å². The fourth-order valence-corrected chi connectivity index (χ4v) is 2.70. The molecule has 1 saturated heterocycles. The third-order valence-electron chi connectivity index (χ3n) is 3.40. The van der Waals surface area contributed by atoms with Gasteiger partial charge in [0, 0.05) is 13.1 Å². The quantitative estimate of drug-likeness (QED) is 0.750. The number of nitrogens with zero attached hydrogens (tertiary/aromatic N) is 1. The summed E-state index contributed by atoms with van der Waals surface area (Å²) in [6, 6.07) is 4.48. The average molecular weight is 249 g/mol. The summed E-state index contributed by atoms with van der Waals surface area (Å²) in [5.74, 6) is 0.156. The number of phenols is 2. The molecule has 4 heteroatoms. The highest BCUT2D eigenvalue weighted by atomic mass is 16.3. The number of piperidine rings is 1. The number of carbonyl (C=O) groups excluding carboxylic acids is 1. The van der Waals surface area contributed by atoms with E-state index in [2.05, 4.69) is 13.8 Å². The van der Waals surface area contributed by atoms with Gasteiger partial charge in [0.25, 0.3) is 5.91 Å². The molecule has 0 spiro atoms. The maximum Gasteiger partial charge on any atom is 0.257 e. The Balaban J connectivity index is 2.23. The van der Waals surface area contributed by atoms with E-state index in [0.717, 1.165) is 6.42 Å². The third kappa shape index (κ3) is 2.42. The number of phenolic OH excluding ortho intramolecular Hbond substituents is 2. The zero-order valence-corrected chi connectivity index (χ0v) is 10.8. The Kier molecular flexibility index (Phi) is 3.45. The van der Waals surface area contributed by atoms with Gasteiger partial charge >= 0.3 is 0 Å². The van der Waals surface area contributed by atoms with Crippen LogP contribution in [-0.2, 0) is 0 Å². The maximum atomic E-state index is 12.3. The summed E-state index contributed by atoms with van der Waals surface area (Å²) in [6.07, 6.45) is 1.12. The van der Waals surface area contributed by atoms with Gasteiger partial charge in [-0.15, -0.1) is 0 Å². The molecule has 1 aliphatic rings. The maximum absolute atomic E-state index is 12.3. The molecular weight excluding hydrogens is 230 g/mol. The fourth-order valence-electron chi connectivity index (χ4n) is 2.70. The number of aromatic hydroxyl groups is 2. The molecule has 1 aromatic carbocycles. The van der Waals surface area contributed by atoms with Crippen molar-refractivity contribution in [3.63, 3.8) is 0 Å². The van der Waals surface area contributed by atoms with Crippen molar-refractivity contribution in [2.75, 3.05) is 13.1 Å². The van der Waals surface area contributed by atoms with Crippen LogP contribution in [0.5, 0.6) is 11.5 Å². The van der Waals surface area contributed by atoms with Crippen LogP contribution in [0.2, 0.25) is 0 Å². The zero-order valence-electron chi connectivity index (χ0n) is 10.8. The molecule has 0 saturated carbocycles. The molecule has 0 aliphatic carbocycles. The van der Waals surface area contributed by atoms with Crippen molar-refractivity contribution in [2.24, 2.45) is 11.8 Å². The lowest BCUT2D eigenvalue weighted by molar-refractivity contribution is 0.0619. The topological polar surface area (TPSA) is 60.8 Å². The molecule has 4 nitrogen and oxygen atoms in total. The minimum absolute atomic E-state index is 0.177. The predicted molar refractivity (Wildman–Crippen MR) is 68.6 cm³/mol. The predicted octanol–water partition coefficient (Wildman–Crippen LogP) is 2.22. The van der Waals surface area contributed by atoms with Gasteiger partial charge in [-0.25, -0.2) is 0 Å². The molecule has 18 heavy (non-hydrogen) atoms. The van der Waals surface area contributed by atoms with Crippen LogP contribution >= 0.6 is 0 Å². The Morgan fingerprint density at radius 3 is 2.44 bits per heavy atom. The first-order valence-electron chi connectivity index (χ1n) is 6.29. The molecule has 1 amide bonds. The van der Waals surface area contributed by atoms with E-state index in [1.165, 1.54) is 6.07 Å². The second-order valence-electron chi connectivity index (χ2n) is 5.33. The van der Waals surface area contributed by atoms with E-state index in [4.69, 9.17) is 0 Å². The highest BCUT2D eigenvalue weighted by Gasteiger charge is 2.27. The van der Waals surface area contributed by atoms with Gasteiger partial charge in [-0.1, -0.05) is 19.9 Å². The lowest BCUT2D eigenvalue weighted by atomic mass is 9.91. The van der Waals surface area contributed by atoms with E-state index < -0.39 is 0 Å². The highest BCUT2D eigenvalue weighted by Crippen LogP contribution is 2.30. The van der Waals surface area contributed by atoms with Gasteiger partial charge in [0.05, 0.1) is 5.56 Å². The monoisotopic (exact) mass is 249 g/mol. The highest BCUT2D eigenvalue weighted by molar-refractivity contribution is 5.97. The Bertz CT molecular complexity index is 448. The number of carbonyl (C=O) groups is 1. The number of hydrogen-bond donors (Lipinski definition) is 2. The summed E-state index contributed by atoms with van der Waals surface area (Å²) < 4.78 is 0. The van der Waals surface area contributed by atoms with E-state index in [-0.39, 0.29) is 23.0 Å². The van der Waals surface area contributed by atoms with Gasteiger partial charge < -0.3 is 15.1 Å². The van der Waals surface area contributed by atoms with E-state index in [1.54, 1.807) is 17.0 Å². The lowest BCUT2D eigenvalue weighted by Gasteiger charge is -2.35. The number of rotatable bonds is 1. The smallest absolute Gasteiger partial charge is 0.257 e. The minimum Gasteiger partial charge on any atom is -0.504 e. The van der Waals surface area contributed by atoms with Crippen molar-refractivity contribution in [1.29, 1.82) is 0 Å². The molecule has 2 N–H and O–H groups in total. The molecule has 1 fully saturated rings. The molecule has 1 aliphatic heterocycles. The Morgan fingerprint density at radius 2 is 1.83 bits per heavy atom. The van der Waals surface area contributed by atoms with E-state index in [1.807, 2.05) is 0 Å². The SMILES string of the molecule is CC1CC(C)CN(C(=O)c2cccc(O)c2O)C1. The van der Waals surface area contributed by atoms with Crippen LogP contribution in [0.4, 0.5) is 0 Å². The van der Waals surface area contributed by atoms with Gasteiger partial charge in [0.2, 0.25) is 0 Å². The molecule has 2 unspecified atom stereocenters. The summed E-state index contributed by atoms with van der Waals surface area (Å²) in [7, 11) is 0. The summed E-state index contributed by atoms with van der Waals surface area (Å²) in [6.45, 7) is 5.66. The Labute approximate surface area is 107 Å². The van der Waals surface area contributed by atoms with E-state index >= 15 is 0 Å². The molecule has 98 valence electrons.